The number of hydrogen-bond donors (Lipinski definition) is 1. The SMILES string of the molecule is CCc1ccc([C@@H]2CN(C(=O)N[C@H](C)C[S@](C)=O)CCO2)cc1. The quantitative estimate of drug-likeness (QED) is 0.894. The van der Waals surface area contributed by atoms with Crippen molar-refractivity contribution >= 4 is 16.8 Å². The lowest BCUT2D eigenvalue weighted by Crippen LogP contribution is -2.50. The lowest BCUT2D eigenvalue weighted by Gasteiger charge is -2.34. The van der Waals surface area contributed by atoms with Crippen LogP contribution in [0.1, 0.15) is 31.1 Å². The number of carbonyl (C=O) groups excluding carboxylic acids is 1. The van der Waals surface area contributed by atoms with Gasteiger partial charge in [0.05, 0.1) is 13.2 Å². The molecule has 6 heteroatoms. The highest BCUT2D eigenvalue weighted by atomic mass is 32.2. The molecule has 1 fully saturated rings. The predicted octanol–water partition coefficient (Wildman–Crippen LogP) is 2.10. The van der Waals surface area contributed by atoms with E-state index in [0.29, 0.717) is 25.4 Å². The smallest absolute Gasteiger partial charge is 0.317 e. The minimum atomic E-state index is -0.915. The van der Waals surface area contributed by atoms with Crippen LogP contribution in [0.4, 0.5) is 4.79 Å². The van der Waals surface area contributed by atoms with Crippen LogP contribution in [-0.4, -0.2) is 52.9 Å². The molecule has 3 atom stereocenters. The average molecular weight is 338 g/mol. The minimum Gasteiger partial charge on any atom is -0.370 e. The molecule has 2 rings (SSSR count). The Morgan fingerprint density at radius 3 is 2.74 bits per heavy atom. The summed E-state index contributed by atoms with van der Waals surface area (Å²) >= 11 is 0. The number of aryl methyl sites for hydroxylation is 1. The largest absolute Gasteiger partial charge is 0.370 e. The summed E-state index contributed by atoms with van der Waals surface area (Å²) in [5.74, 6) is 0.470. The van der Waals surface area contributed by atoms with Crippen molar-refractivity contribution in [3.63, 3.8) is 0 Å². The maximum atomic E-state index is 12.3. The Kier molecular flexibility index (Phi) is 6.59. The average Bonchev–Trinajstić information content (AvgIpc) is 2.54. The molecule has 0 radical (unpaired) electrons. The third-order valence-corrected chi connectivity index (χ3v) is 4.94. The third kappa shape index (κ3) is 5.32. The van der Waals surface area contributed by atoms with E-state index >= 15 is 0 Å². The number of morpholine rings is 1. The van der Waals surface area contributed by atoms with E-state index in [4.69, 9.17) is 4.74 Å². The summed E-state index contributed by atoms with van der Waals surface area (Å²) in [6.07, 6.45) is 2.57. The van der Waals surface area contributed by atoms with Gasteiger partial charge in [-0.05, 0) is 24.5 Å². The molecule has 0 bridgehead atoms. The Morgan fingerprint density at radius 1 is 1.43 bits per heavy atom. The number of benzene rings is 1. The third-order valence-electron chi connectivity index (χ3n) is 3.97. The maximum Gasteiger partial charge on any atom is 0.317 e. The highest BCUT2D eigenvalue weighted by molar-refractivity contribution is 7.84. The van der Waals surface area contributed by atoms with Gasteiger partial charge in [-0.15, -0.1) is 0 Å². The van der Waals surface area contributed by atoms with E-state index in [2.05, 4.69) is 36.5 Å². The van der Waals surface area contributed by atoms with Gasteiger partial charge in [0.15, 0.2) is 0 Å². The molecule has 0 unspecified atom stereocenters. The molecule has 1 aromatic rings. The van der Waals surface area contributed by atoms with E-state index in [1.807, 2.05) is 6.92 Å². The van der Waals surface area contributed by atoms with Crippen molar-refractivity contribution in [2.75, 3.05) is 31.7 Å². The number of urea groups is 1. The zero-order valence-electron chi connectivity index (χ0n) is 14.1. The molecule has 0 aliphatic carbocycles. The number of hydrogen-bond acceptors (Lipinski definition) is 3. The second-order valence-corrected chi connectivity index (χ2v) is 7.47. The fourth-order valence-electron chi connectivity index (χ4n) is 2.70. The first-order chi connectivity index (χ1) is 11.0. The molecule has 128 valence electrons. The first-order valence-corrected chi connectivity index (χ1v) is 9.78. The number of rotatable bonds is 5. The zero-order chi connectivity index (χ0) is 16.8. The fourth-order valence-corrected chi connectivity index (χ4v) is 3.49. The van der Waals surface area contributed by atoms with Gasteiger partial charge in [-0.25, -0.2) is 4.79 Å². The monoisotopic (exact) mass is 338 g/mol. The molecule has 2 amide bonds. The summed E-state index contributed by atoms with van der Waals surface area (Å²) in [7, 11) is -0.915. The number of nitrogens with one attached hydrogen (secondary N) is 1. The Bertz CT molecular complexity index is 547. The first-order valence-electron chi connectivity index (χ1n) is 8.05. The molecule has 1 saturated heterocycles. The van der Waals surface area contributed by atoms with Crippen LogP contribution < -0.4 is 5.32 Å². The van der Waals surface area contributed by atoms with Crippen LogP contribution in [0.5, 0.6) is 0 Å². The second kappa shape index (κ2) is 8.45. The van der Waals surface area contributed by atoms with Gasteiger partial charge in [0.1, 0.15) is 6.10 Å². The van der Waals surface area contributed by atoms with Crippen molar-refractivity contribution < 1.29 is 13.7 Å². The van der Waals surface area contributed by atoms with E-state index in [9.17, 15) is 9.00 Å². The van der Waals surface area contributed by atoms with Crippen LogP contribution in [0.25, 0.3) is 0 Å². The van der Waals surface area contributed by atoms with Gasteiger partial charge in [-0.2, -0.15) is 0 Å². The van der Waals surface area contributed by atoms with E-state index in [0.717, 1.165) is 12.0 Å². The standard InChI is InChI=1S/C17H26N2O3S/c1-4-14-5-7-15(8-6-14)16-11-19(9-10-22-16)17(20)18-13(2)12-23(3)21/h5-8,13,16H,4,9-12H2,1-3H3,(H,18,20)/t13-,16+,23+/m1/s1. The Balaban J connectivity index is 1.94. The summed E-state index contributed by atoms with van der Waals surface area (Å²) in [6.45, 7) is 5.65. The van der Waals surface area contributed by atoms with Gasteiger partial charge >= 0.3 is 6.03 Å². The predicted molar refractivity (Wildman–Crippen MR) is 93.0 cm³/mol. The molecule has 0 spiro atoms. The van der Waals surface area contributed by atoms with Crippen molar-refractivity contribution in [1.29, 1.82) is 0 Å². The molecule has 0 aromatic heterocycles. The first kappa shape index (κ1) is 17.9. The molecular formula is C17H26N2O3S. The van der Waals surface area contributed by atoms with Crippen LogP contribution >= 0.6 is 0 Å². The van der Waals surface area contributed by atoms with Crippen LogP contribution in [0.15, 0.2) is 24.3 Å². The number of nitrogens with zero attached hydrogens (tertiary/aromatic N) is 1. The molecule has 5 nitrogen and oxygen atoms in total. The highest BCUT2D eigenvalue weighted by Crippen LogP contribution is 2.22. The van der Waals surface area contributed by atoms with Gasteiger partial charge in [0.2, 0.25) is 0 Å². The van der Waals surface area contributed by atoms with E-state index in [-0.39, 0.29) is 18.2 Å². The van der Waals surface area contributed by atoms with Crippen molar-refractivity contribution in [1.82, 2.24) is 10.2 Å². The van der Waals surface area contributed by atoms with E-state index in [1.165, 1.54) is 5.56 Å². The van der Waals surface area contributed by atoms with E-state index in [1.54, 1.807) is 11.2 Å². The van der Waals surface area contributed by atoms with Crippen molar-refractivity contribution in [2.45, 2.75) is 32.4 Å². The summed E-state index contributed by atoms with van der Waals surface area (Å²) in [6, 6.07) is 8.16. The molecule has 1 N–H and O–H groups in total. The fraction of sp³-hybridized carbons (Fsp3) is 0.588. The normalized spacial score (nSPS) is 20.8. The minimum absolute atomic E-state index is 0.0870. The Labute approximate surface area is 140 Å². The highest BCUT2D eigenvalue weighted by Gasteiger charge is 2.26. The van der Waals surface area contributed by atoms with Crippen molar-refractivity contribution in [2.24, 2.45) is 0 Å². The lowest BCUT2D eigenvalue weighted by molar-refractivity contribution is -0.0156. The van der Waals surface area contributed by atoms with Gasteiger partial charge in [-0.3, -0.25) is 4.21 Å². The van der Waals surface area contributed by atoms with Crippen molar-refractivity contribution in [3.05, 3.63) is 35.4 Å². The van der Waals surface area contributed by atoms with Crippen LogP contribution in [0.3, 0.4) is 0 Å². The van der Waals surface area contributed by atoms with Crippen LogP contribution in [-0.2, 0) is 22.0 Å². The van der Waals surface area contributed by atoms with E-state index < -0.39 is 10.8 Å². The summed E-state index contributed by atoms with van der Waals surface area (Å²) in [4.78, 5) is 14.1. The van der Waals surface area contributed by atoms with Crippen molar-refractivity contribution in [3.8, 4) is 0 Å². The zero-order valence-corrected chi connectivity index (χ0v) is 14.9. The maximum absolute atomic E-state index is 12.3. The molecule has 23 heavy (non-hydrogen) atoms. The Hall–Kier alpha value is -1.40. The number of carbonyl (C=O) groups is 1. The number of amides is 2. The summed E-state index contributed by atoms with van der Waals surface area (Å²) < 4.78 is 17.0. The van der Waals surface area contributed by atoms with Crippen LogP contribution in [0.2, 0.25) is 0 Å². The van der Waals surface area contributed by atoms with Gasteiger partial charge in [-0.1, -0.05) is 31.2 Å². The molecule has 1 aliphatic rings. The Morgan fingerprint density at radius 2 is 2.13 bits per heavy atom. The molecule has 1 aromatic carbocycles. The molecule has 1 aliphatic heterocycles. The summed E-state index contributed by atoms with van der Waals surface area (Å²) in [5, 5.41) is 2.91. The van der Waals surface area contributed by atoms with Gasteiger partial charge < -0.3 is 15.0 Å². The summed E-state index contributed by atoms with van der Waals surface area (Å²) in [5.41, 5.74) is 2.39. The van der Waals surface area contributed by atoms with Crippen LogP contribution in [0, 0.1) is 0 Å². The molecule has 0 saturated carbocycles. The molecular weight excluding hydrogens is 312 g/mol. The van der Waals surface area contributed by atoms with Gasteiger partial charge in [0.25, 0.3) is 0 Å². The number of ether oxygens (including phenoxy) is 1. The van der Waals surface area contributed by atoms with Gasteiger partial charge in [0, 0.05) is 35.4 Å². The lowest BCUT2D eigenvalue weighted by atomic mass is 10.0. The second-order valence-electron chi connectivity index (χ2n) is 5.99. The molecule has 1 heterocycles. The topological polar surface area (TPSA) is 58.6 Å².